The van der Waals surface area contributed by atoms with Gasteiger partial charge in [0, 0.05) is 6.07 Å². The summed E-state index contributed by atoms with van der Waals surface area (Å²) in [6, 6.07) is 11.2. The van der Waals surface area contributed by atoms with Crippen LogP contribution in [0.25, 0.3) is 0 Å². The number of hydrogen-bond donors (Lipinski definition) is 0. The average Bonchev–Trinajstić information content (AvgIpc) is 2.41. The van der Waals surface area contributed by atoms with E-state index < -0.39 is 0 Å². The molecule has 2 rings (SSSR count). The summed E-state index contributed by atoms with van der Waals surface area (Å²) in [7, 11) is 1.54. The third kappa shape index (κ3) is 2.83. The molecule has 0 aliphatic heterocycles. The molecule has 0 unspecified atom stereocenters. The highest BCUT2D eigenvalue weighted by Gasteiger charge is 2.09. The van der Waals surface area contributed by atoms with E-state index in [2.05, 4.69) is 0 Å². The summed E-state index contributed by atoms with van der Waals surface area (Å²) >= 11 is 0. The molecule has 0 fully saturated rings. The number of benzene rings is 2. The first-order chi connectivity index (χ1) is 9.13. The normalized spacial score (nSPS) is 9.79. The molecule has 0 N–H and O–H groups in total. The van der Waals surface area contributed by atoms with Crippen LogP contribution in [0.1, 0.15) is 11.1 Å². The molecule has 0 aliphatic carbocycles. The maximum absolute atomic E-state index is 13.0. The van der Waals surface area contributed by atoms with Crippen LogP contribution in [0.5, 0.6) is 17.2 Å². The standard InChI is InChI=1S/C15H12FNO2/c1-10-7-12(16)4-6-14(10)19-15-8-13(18-2)5-3-11(15)9-17/h3-8H,1-2H3. The van der Waals surface area contributed by atoms with Crippen LogP contribution >= 0.6 is 0 Å². The maximum atomic E-state index is 13.0. The van der Waals surface area contributed by atoms with E-state index >= 15 is 0 Å². The van der Waals surface area contributed by atoms with Gasteiger partial charge in [0.25, 0.3) is 0 Å². The minimum Gasteiger partial charge on any atom is -0.497 e. The molecule has 4 heteroatoms. The number of ether oxygens (including phenoxy) is 2. The van der Waals surface area contributed by atoms with E-state index in [0.717, 1.165) is 0 Å². The van der Waals surface area contributed by atoms with E-state index in [1.54, 1.807) is 25.1 Å². The van der Waals surface area contributed by atoms with Gasteiger partial charge in [-0.05, 0) is 42.8 Å². The lowest BCUT2D eigenvalue weighted by atomic mass is 10.2. The van der Waals surface area contributed by atoms with Crippen LogP contribution in [-0.2, 0) is 0 Å². The number of nitrogens with zero attached hydrogens (tertiary/aromatic N) is 1. The van der Waals surface area contributed by atoms with E-state index in [0.29, 0.717) is 28.4 Å². The van der Waals surface area contributed by atoms with Crippen LogP contribution in [-0.4, -0.2) is 7.11 Å². The van der Waals surface area contributed by atoms with Gasteiger partial charge < -0.3 is 9.47 Å². The topological polar surface area (TPSA) is 42.2 Å². The zero-order valence-corrected chi connectivity index (χ0v) is 10.6. The average molecular weight is 257 g/mol. The molecule has 0 bridgehead atoms. The maximum Gasteiger partial charge on any atom is 0.148 e. The van der Waals surface area contributed by atoms with Crippen molar-refractivity contribution in [3.05, 3.63) is 53.3 Å². The van der Waals surface area contributed by atoms with Gasteiger partial charge in [-0.2, -0.15) is 5.26 Å². The predicted molar refractivity (Wildman–Crippen MR) is 68.9 cm³/mol. The van der Waals surface area contributed by atoms with Crippen LogP contribution < -0.4 is 9.47 Å². The van der Waals surface area contributed by atoms with Gasteiger partial charge in [0.1, 0.15) is 29.1 Å². The summed E-state index contributed by atoms with van der Waals surface area (Å²) < 4.78 is 23.8. The monoisotopic (exact) mass is 257 g/mol. The van der Waals surface area contributed by atoms with Crippen molar-refractivity contribution < 1.29 is 13.9 Å². The Morgan fingerprint density at radius 2 is 1.89 bits per heavy atom. The summed E-state index contributed by atoms with van der Waals surface area (Å²) in [6.07, 6.45) is 0. The van der Waals surface area contributed by atoms with Crippen LogP contribution in [0.15, 0.2) is 36.4 Å². The molecule has 19 heavy (non-hydrogen) atoms. The number of methoxy groups -OCH3 is 1. The van der Waals surface area contributed by atoms with Crippen molar-refractivity contribution >= 4 is 0 Å². The number of nitriles is 1. The zero-order chi connectivity index (χ0) is 13.8. The molecular formula is C15H12FNO2. The van der Waals surface area contributed by atoms with E-state index in [1.165, 1.54) is 25.3 Å². The lowest BCUT2D eigenvalue weighted by Gasteiger charge is -2.11. The highest BCUT2D eigenvalue weighted by molar-refractivity contribution is 5.50. The Labute approximate surface area is 110 Å². The second kappa shape index (κ2) is 5.40. The summed E-state index contributed by atoms with van der Waals surface area (Å²) in [5, 5.41) is 9.04. The fraction of sp³-hybridized carbons (Fsp3) is 0.133. The van der Waals surface area contributed by atoms with Crippen molar-refractivity contribution in [2.45, 2.75) is 6.92 Å². The SMILES string of the molecule is COc1ccc(C#N)c(Oc2ccc(F)cc2C)c1. The number of rotatable bonds is 3. The molecule has 3 nitrogen and oxygen atoms in total. The molecule has 96 valence electrons. The molecule has 2 aromatic rings. The molecule has 0 amide bonds. The van der Waals surface area contributed by atoms with Gasteiger partial charge >= 0.3 is 0 Å². The summed E-state index contributed by atoms with van der Waals surface area (Å²) in [6.45, 7) is 1.74. The van der Waals surface area contributed by atoms with E-state index in [-0.39, 0.29) is 5.82 Å². The molecule has 0 aliphatic rings. The summed E-state index contributed by atoms with van der Waals surface area (Å²) in [5.41, 5.74) is 1.05. The van der Waals surface area contributed by atoms with E-state index in [1.807, 2.05) is 6.07 Å². The first-order valence-corrected chi connectivity index (χ1v) is 5.66. The molecule has 0 aromatic heterocycles. The molecule has 0 radical (unpaired) electrons. The van der Waals surface area contributed by atoms with Crippen molar-refractivity contribution in [2.24, 2.45) is 0 Å². The molecule has 2 aromatic carbocycles. The lowest BCUT2D eigenvalue weighted by molar-refractivity contribution is 0.408. The Morgan fingerprint density at radius 3 is 2.53 bits per heavy atom. The smallest absolute Gasteiger partial charge is 0.148 e. The minimum absolute atomic E-state index is 0.323. The third-order valence-corrected chi connectivity index (χ3v) is 2.67. The van der Waals surface area contributed by atoms with Crippen molar-refractivity contribution in [1.29, 1.82) is 5.26 Å². The van der Waals surface area contributed by atoms with E-state index in [4.69, 9.17) is 14.7 Å². The first-order valence-electron chi connectivity index (χ1n) is 5.66. The van der Waals surface area contributed by atoms with Gasteiger partial charge in [0.15, 0.2) is 0 Å². The molecule has 0 atom stereocenters. The van der Waals surface area contributed by atoms with Crippen molar-refractivity contribution in [3.8, 4) is 23.3 Å². The highest BCUT2D eigenvalue weighted by Crippen LogP contribution is 2.30. The predicted octanol–water partition coefficient (Wildman–Crippen LogP) is 3.81. The number of aryl methyl sites for hydroxylation is 1. The fourth-order valence-corrected chi connectivity index (χ4v) is 1.65. The second-order valence-corrected chi connectivity index (χ2v) is 3.99. The molecule has 0 spiro atoms. The van der Waals surface area contributed by atoms with Crippen LogP contribution in [0.4, 0.5) is 4.39 Å². The zero-order valence-electron chi connectivity index (χ0n) is 10.6. The Balaban J connectivity index is 2.39. The van der Waals surface area contributed by atoms with Gasteiger partial charge in [0.05, 0.1) is 12.7 Å². The number of hydrogen-bond acceptors (Lipinski definition) is 3. The minimum atomic E-state index is -0.323. The largest absolute Gasteiger partial charge is 0.497 e. The molecule has 0 heterocycles. The lowest BCUT2D eigenvalue weighted by Crippen LogP contribution is -1.92. The van der Waals surface area contributed by atoms with E-state index in [9.17, 15) is 4.39 Å². The quantitative estimate of drug-likeness (QED) is 0.839. The second-order valence-electron chi connectivity index (χ2n) is 3.99. The molecular weight excluding hydrogens is 245 g/mol. The van der Waals surface area contributed by atoms with Gasteiger partial charge in [-0.3, -0.25) is 0 Å². The summed E-state index contributed by atoms with van der Waals surface area (Å²) in [4.78, 5) is 0. The number of halogens is 1. The van der Waals surface area contributed by atoms with Crippen molar-refractivity contribution in [1.82, 2.24) is 0 Å². The molecule has 0 saturated carbocycles. The highest BCUT2D eigenvalue weighted by atomic mass is 19.1. The van der Waals surface area contributed by atoms with Gasteiger partial charge in [0.2, 0.25) is 0 Å². The van der Waals surface area contributed by atoms with Gasteiger partial charge in [-0.1, -0.05) is 0 Å². The Kier molecular flexibility index (Phi) is 3.67. The molecule has 0 saturated heterocycles. The van der Waals surface area contributed by atoms with Gasteiger partial charge in [-0.15, -0.1) is 0 Å². The fourth-order valence-electron chi connectivity index (χ4n) is 1.65. The van der Waals surface area contributed by atoms with Crippen LogP contribution in [0.2, 0.25) is 0 Å². The van der Waals surface area contributed by atoms with Crippen molar-refractivity contribution in [3.63, 3.8) is 0 Å². The van der Waals surface area contributed by atoms with Crippen molar-refractivity contribution in [2.75, 3.05) is 7.11 Å². The van der Waals surface area contributed by atoms with Crippen LogP contribution in [0.3, 0.4) is 0 Å². The Morgan fingerprint density at radius 1 is 1.11 bits per heavy atom. The first kappa shape index (κ1) is 12.9. The third-order valence-electron chi connectivity index (χ3n) is 2.67. The Bertz CT molecular complexity index is 647. The van der Waals surface area contributed by atoms with Crippen LogP contribution in [0, 0.1) is 24.1 Å². The summed E-state index contributed by atoms with van der Waals surface area (Å²) in [5.74, 6) is 1.16. The van der Waals surface area contributed by atoms with Gasteiger partial charge in [-0.25, -0.2) is 4.39 Å². The Hall–Kier alpha value is -2.54.